The van der Waals surface area contributed by atoms with E-state index in [1.54, 1.807) is 6.92 Å². The summed E-state index contributed by atoms with van der Waals surface area (Å²) in [6.45, 7) is 3.79. The fraction of sp³-hybridized carbons (Fsp3) is 0.286. The number of H-pyrrole nitrogens is 1. The Morgan fingerprint density at radius 1 is 1.33 bits per heavy atom. The lowest BCUT2D eigenvalue weighted by molar-refractivity contribution is 0.868. The zero-order chi connectivity index (χ0) is 13.1. The molecule has 0 amide bonds. The molecule has 2 aromatic rings. The molecule has 2 rings (SSSR count). The Labute approximate surface area is 111 Å². The Kier molecular flexibility index (Phi) is 3.82. The van der Waals surface area contributed by atoms with E-state index >= 15 is 0 Å². The first-order valence-electron chi connectivity index (χ1n) is 5.94. The summed E-state index contributed by atoms with van der Waals surface area (Å²) >= 11 is 6.10. The van der Waals surface area contributed by atoms with Gasteiger partial charge in [0.15, 0.2) is 0 Å². The highest BCUT2D eigenvalue weighted by molar-refractivity contribution is 6.31. The zero-order valence-electron chi connectivity index (χ0n) is 10.5. The minimum absolute atomic E-state index is 0.0658. The van der Waals surface area contributed by atoms with Crippen LogP contribution in [0.4, 0.5) is 0 Å². The van der Waals surface area contributed by atoms with E-state index in [0.29, 0.717) is 22.8 Å². The summed E-state index contributed by atoms with van der Waals surface area (Å²) in [6.07, 6.45) is 1.30. The monoisotopic (exact) mass is 262 g/mol. The van der Waals surface area contributed by atoms with Crippen LogP contribution in [0.15, 0.2) is 29.1 Å². The van der Waals surface area contributed by atoms with E-state index in [2.05, 4.69) is 9.97 Å². The third-order valence-corrected chi connectivity index (χ3v) is 3.32. The van der Waals surface area contributed by atoms with E-state index < -0.39 is 0 Å². The van der Waals surface area contributed by atoms with Gasteiger partial charge in [-0.05, 0) is 25.0 Å². The third-order valence-electron chi connectivity index (χ3n) is 2.95. The van der Waals surface area contributed by atoms with Gasteiger partial charge in [0.2, 0.25) is 0 Å². The third kappa shape index (κ3) is 2.62. The quantitative estimate of drug-likeness (QED) is 0.925. The summed E-state index contributed by atoms with van der Waals surface area (Å²) in [7, 11) is 0. The fourth-order valence-electron chi connectivity index (χ4n) is 1.88. The van der Waals surface area contributed by atoms with Gasteiger partial charge < -0.3 is 4.98 Å². The van der Waals surface area contributed by atoms with E-state index in [1.165, 1.54) is 0 Å². The summed E-state index contributed by atoms with van der Waals surface area (Å²) in [6, 6.07) is 7.58. The number of nitrogens with one attached hydrogen (secondary N) is 1. The molecule has 94 valence electrons. The summed E-state index contributed by atoms with van der Waals surface area (Å²) in [4.78, 5) is 19.0. The first-order valence-corrected chi connectivity index (χ1v) is 6.31. The Bertz CT molecular complexity index is 619. The number of aryl methyl sites for hydroxylation is 1. The first-order chi connectivity index (χ1) is 8.61. The summed E-state index contributed by atoms with van der Waals surface area (Å²) in [5.74, 6) is 0.663. The van der Waals surface area contributed by atoms with E-state index in [9.17, 15) is 4.79 Å². The Morgan fingerprint density at radius 2 is 2.06 bits per heavy atom. The van der Waals surface area contributed by atoms with Crippen LogP contribution in [-0.2, 0) is 12.8 Å². The van der Waals surface area contributed by atoms with Crippen LogP contribution in [0.2, 0.25) is 5.02 Å². The lowest BCUT2D eigenvalue weighted by atomic mass is 10.1. The average Bonchev–Trinajstić information content (AvgIpc) is 2.36. The molecule has 0 atom stereocenters. The van der Waals surface area contributed by atoms with Gasteiger partial charge in [-0.1, -0.05) is 36.7 Å². The first kappa shape index (κ1) is 12.8. The minimum Gasteiger partial charge on any atom is -0.310 e. The van der Waals surface area contributed by atoms with Crippen molar-refractivity contribution in [2.24, 2.45) is 0 Å². The molecule has 0 aliphatic heterocycles. The molecule has 0 unspecified atom stereocenters. The van der Waals surface area contributed by atoms with Gasteiger partial charge in [0, 0.05) is 17.0 Å². The average molecular weight is 263 g/mol. The zero-order valence-corrected chi connectivity index (χ0v) is 11.2. The molecule has 0 spiro atoms. The highest BCUT2D eigenvalue weighted by Gasteiger charge is 2.08. The molecule has 1 aromatic carbocycles. The molecule has 1 N–H and O–H groups in total. The van der Waals surface area contributed by atoms with Crippen LogP contribution in [0.25, 0.3) is 0 Å². The van der Waals surface area contributed by atoms with Crippen molar-refractivity contribution < 1.29 is 0 Å². The molecule has 0 aliphatic carbocycles. The topological polar surface area (TPSA) is 45.8 Å². The van der Waals surface area contributed by atoms with Crippen molar-refractivity contribution in [2.75, 3.05) is 0 Å². The SMILES string of the molecule is CCc1nc(Cc2ccccc2Cl)[nH]c(=O)c1C. The molecule has 0 fully saturated rings. The largest absolute Gasteiger partial charge is 0.310 e. The van der Waals surface area contributed by atoms with Crippen molar-refractivity contribution in [1.29, 1.82) is 0 Å². The number of hydrogen-bond donors (Lipinski definition) is 1. The van der Waals surface area contributed by atoms with Crippen molar-refractivity contribution in [3.8, 4) is 0 Å². The molecule has 18 heavy (non-hydrogen) atoms. The van der Waals surface area contributed by atoms with Gasteiger partial charge in [-0.15, -0.1) is 0 Å². The molecular weight excluding hydrogens is 248 g/mol. The fourth-order valence-corrected chi connectivity index (χ4v) is 2.08. The second kappa shape index (κ2) is 5.36. The second-order valence-corrected chi connectivity index (χ2v) is 4.61. The molecule has 0 aliphatic rings. The molecule has 0 saturated heterocycles. The lowest BCUT2D eigenvalue weighted by Gasteiger charge is -2.07. The highest BCUT2D eigenvalue weighted by Crippen LogP contribution is 2.17. The van der Waals surface area contributed by atoms with E-state index in [-0.39, 0.29) is 5.56 Å². The van der Waals surface area contributed by atoms with Crippen LogP contribution in [0.1, 0.15) is 29.6 Å². The van der Waals surface area contributed by atoms with Gasteiger partial charge in [0.25, 0.3) is 5.56 Å². The molecule has 4 heteroatoms. The Balaban J connectivity index is 2.39. The van der Waals surface area contributed by atoms with Gasteiger partial charge in [0.1, 0.15) is 5.82 Å². The maximum absolute atomic E-state index is 11.8. The van der Waals surface area contributed by atoms with Gasteiger partial charge in [-0.2, -0.15) is 0 Å². The van der Waals surface area contributed by atoms with Crippen LogP contribution in [0.3, 0.4) is 0 Å². The second-order valence-electron chi connectivity index (χ2n) is 4.21. The Hall–Kier alpha value is -1.61. The predicted molar refractivity (Wildman–Crippen MR) is 73.2 cm³/mol. The molecule has 1 heterocycles. The van der Waals surface area contributed by atoms with Crippen molar-refractivity contribution in [3.05, 3.63) is 62.3 Å². The molecule has 1 aromatic heterocycles. The van der Waals surface area contributed by atoms with Gasteiger partial charge >= 0.3 is 0 Å². The maximum Gasteiger partial charge on any atom is 0.254 e. The summed E-state index contributed by atoms with van der Waals surface area (Å²) < 4.78 is 0. The molecular formula is C14H15ClN2O. The number of halogens is 1. The number of hydrogen-bond acceptors (Lipinski definition) is 2. The molecule has 0 saturated carbocycles. The lowest BCUT2D eigenvalue weighted by Crippen LogP contribution is -2.17. The number of aromatic amines is 1. The van der Waals surface area contributed by atoms with E-state index in [0.717, 1.165) is 17.7 Å². The molecule has 0 bridgehead atoms. The van der Waals surface area contributed by atoms with Gasteiger partial charge in [-0.25, -0.2) is 4.98 Å². The number of rotatable bonds is 3. The normalized spacial score (nSPS) is 10.6. The number of nitrogens with zero attached hydrogens (tertiary/aromatic N) is 1. The molecule has 3 nitrogen and oxygen atoms in total. The van der Waals surface area contributed by atoms with Gasteiger partial charge in [0.05, 0.1) is 5.69 Å². The standard InChI is InChI=1S/C14H15ClN2O/c1-3-12-9(2)14(18)17-13(16-12)8-10-6-4-5-7-11(10)15/h4-7H,3,8H2,1-2H3,(H,16,17,18). The number of benzene rings is 1. The van der Waals surface area contributed by atoms with Crippen LogP contribution in [0, 0.1) is 6.92 Å². The highest BCUT2D eigenvalue weighted by atomic mass is 35.5. The van der Waals surface area contributed by atoms with Gasteiger partial charge in [-0.3, -0.25) is 4.79 Å². The Morgan fingerprint density at radius 3 is 2.72 bits per heavy atom. The van der Waals surface area contributed by atoms with Crippen molar-refractivity contribution in [3.63, 3.8) is 0 Å². The van der Waals surface area contributed by atoms with Crippen LogP contribution >= 0.6 is 11.6 Å². The number of aromatic nitrogens is 2. The van der Waals surface area contributed by atoms with Crippen molar-refractivity contribution in [1.82, 2.24) is 9.97 Å². The van der Waals surface area contributed by atoms with E-state index in [4.69, 9.17) is 11.6 Å². The molecule has 0 radical (unpaired) electrons. The minimum atomic E-state index is -0.0658. The van der Waals surface area contributed by atoms with Crippen LogP contribution < -0.4 is 5.56 Å². The summed E-state index contributed by atoms with van der Waals surface area (Å²) in [5.41, 5.74) is 2.44. The summed E-state index contributed by atoms with van der Waals surface area (Å²) in [5, 5.41) is 0.693. The maximum atomic E-state index is 11.8. The van der Waals surface area contributed by atoms with Crippen molar-refractivity contribution in [2.45, 2.75) is 26.7 Å². The van der Waals surface area contributed by atoms with Crippen molar-refractivity contribution >= 4 is 11.6 Å². The smallest absolute Gasteiger partial charge is 0.254 e. The van der Waals surface area contributed by atoms with Crippen LogP contribution in [0.5, 0.6) is 0 Å². The van der Waals surface area contributed by atoms with E-state index in [1.807, 2.05) is 31.2 Å². The predicted octanol–water partition coefficient (Wildman–Crippen LogP) is 2.88. The van der Waals surface area contributed by atoms with Crippen LogP contribution in [-0.4, -0.2) is 9.97 Å².